The molecule has 1 atom stereocenters. The maximum Gasteiger partial charge on any atom is 0.223 e. The monoisotopic (exact) mass is 315 g/mol. The lowest BCUT2D eigenvalue weighted by molar-refractivity contribution is -0.137. The molecule has 0 aliphatic carbocycles. The molecular formula is C15H19Cl2NO2. The molecule has 110 valence electrons. The second-order valence-electron chi connectivity index (χ2n) is 5.65. The number of amides is 1. The average Bonchev–Trinajstić information content (AvgIpc) is 2.36. The van der Waals surface area contributed by atoms with Crippen LogP contribution in [0.4, 0.5) is 0 Å². The van der Waals surface area contributed by atoms with Gasteiger partial charge < -0.3 is 10.0 Å². The number of aliphatic hydroxyl groups is 1. The van der Waals surface area contributed by atoms with E-state index < -0.39 is 5.60 Å². The molecule has 0 radical (unpaired) electrons. The minimum absolute atomic E-state index is 0.0657. The molecule has 2 rings (SSSR count). The number of piperidine rings is 1. The quantitative estimate of drug-likeness (QED) is 0.929. The van der Waals surface area contributed by atoms with E-state index in [1.807, 2.05) is 6.07 Å². The van der Waals surface area contributed by atoms with Crippen LogP contribution in [0.25, 0.3) is 0 Å². The highest BCUT2D eigenvalue weighted by molar-refractivity contribution is 6.35. The molecule has 1 N–H and O–H groups in total. The van der Waals surface area contributed by atoms with Crippen LogP contribution in [0.3, 0.4) is 0 Å². The van der Waals surface area contributed by atoms with Crippen LogP contribution < -0.4 is 0 Å². The summed E-state index contributed by atoms with van der Waals surface area (Å²) in [7, 11) is 0. The molecule has 1 aromatic carbocycles. The van der Waals surface area contributed by atoms with Crippen LogP contribution in [0, 0.1) is 0 Å². The first-order valence-corrected chi connectivity index (χ1v) is 7.57. The molecule has 1 saturated heterocycles. The number of likely N-dealkylation sites (tertiary alicyclic amines) is 1. The van der Waals surface area contributed by atoms with E-state index in [1.54, 1.807) is 24.0 Å². The molecule has 0 bridgehead atoms. The minimum atomic E-state index is -0.758. The largest absolute Gasteiger partial charge is 0.388 e. The van der Waals surface area contributed by atoms with E-state index in [2.05, 4.69) is 0 Å². The molecule has 1 heterocycles. The van der Waals surface area contributed by atoms with Crippen molar-refractivity contribution in [2.24, 2.45) is 0 Å². The fraction of sp³-hybridized carbons (Fsp3) is 0.533. The number of hydrogen-bond acceptors (Lipinski definition) is 2. The normalized spacial score (nSPS) is 22.9. The Hall–Kier alpha value is -0.770. The van der Waals surface area contributed by atoms with Gasteiger partial charge in [0.25, 0.3) is 0 Å². The lowest BCUT2D eigenvalue weighted by Crippen LogP contribution is -2.48. The summed E-state index contributed by atoms with van der Waals surface area (Å²) in [4.78, 5) is 13.9. The van der Waals surface area contributed by atoms with Gasteiger partial charge in [0.05, 0.1) is 5.60 Å². The molecule has 1 aliphatic rings. The summed E-state index contributed by atoms with van der Waals surface area (Å²) in [5.41, 5.74) is 0.166. The number of carbonyl (C=O) groups excluding carboxylic acids is 1. The van der Waals surface area contributed by atoms with Crippen molar-refractivity contribution in [2.45, 2.75) is 38.2 Å². The van der Waals surface area contributed by atoms with Gasteiger partial charge in [-0.15, -0.1) is 0 Å². The van der Waals surface area contributed by atoms with Crippen molar-refractivity contribution in [2.75, 3.05) is 13.1 Å². The van der Waals surface area contributed by atoms with Gasteiger partial charge in [-0.2, -0.15) is 0 Å². The Balaban J connectivity index is 1.92. The zero-order chi connectivity index (χ0) is 14.8. The van der Waals surface area contributed by atoms with Crippen molar-refractivity contribution in [1.82, 2.24) is 4.90 Å². The van der Waals surface area contributed by atoms with Crippen molar-refractivity contribution in [3.63, 3.8) is 0 Å². The Morgan fingerprint density at radius 3 is 2.85 bits per heavy atom. The predicted octanol–water partition coefficient (Wildman–Crippen LogP) is 3.30. The third kappa shape index (κ3) is 4.11. The Labute approximate surface area is 129 Å². The molecular weight excluding hydrogens is 297 g/mol. The van der Waals surface area contributed by atoms with E-state index >= 15 is 0 Å². The van der Waals surface area contributed by atoms with Gasteiger partial charge in [-0.05, 0) is 43.9 Å². The molecule has 1 fully saturated rings. The molecule has 3 nitrogen and oxygen atoms in total. The van der Waals surface area contributed by atoms with Gasteiger partial charge in [0.2, 0.25) is 5.91 Å². The highest BCUT2D eigenvalue weighted by Gasteiger charge is 2.30. The van der Waals surface area contributed by atoms with E-state index in [1.165, 1.54) is 0 Å². The van der Waals surface area contributed by atoms with Crippen molar-refractivity contribution in [3.05, 3.63) is 33.8 Å². The fourth-order valence-electron chi connectivity index (χ4n) is 2.56. The van der Waals surface area contributed by atoms with Crippen LogP contribution in [-0.2, 0) is 11.2 Å². The highest BCUT2D eigenvalue weighted by atomic mass is 35.5. The van der Waals surface area contributed by atoms with Crippen LogP contribution in [0.2, 0.25) is 10.0 Å². The van der Waals surface area contributed by atoms with Gasteiger partial charge in [0.15, 0.2) is 0 Å². The molecule has 1 amide bonds. The summed E-state index contributed by atoms with van der Waals surface area (Å²) in [5, 5.41) is 11.2. The van der Waals surface area contributed by atoms with Gasteiger partial charge >= 0.3 is 0 Å². The second-order valence-corrected chi connectivity index (χ2v) is 6.50. The van der Waals surface area contributed by atoms with Gasteiger partial charge in [-0.1, -0.05) is 29.3 Å². The molecule has 20 heavy (non-hydrogen) atoms. The molecule has 1 aliphatic heterocycles. The van der Waals surface area contributed by atoms with Crippen molar-refractivity contribution < 1.29 is 9.90 Å². The summed E-state index contributed by atoms with van der Waals surface area (Å²) in [6.07, 6.45) is 2.59. The molecule has 0 saturated carbocycles. The van der Waals surface area contributed by atoms with Gasteiger partial charge in [-0.3, -0.25) is 4.79 Å². The number of benzene rings is 1. The highest BCUT2D eigenvalue weighted by Crippen LogP contribution is 2.24. The Morgan fingerprint density at radius 2 is 2.20 bits per heavy atom. The van der Waals surface area contributed by atoms with E-state index in [9.17, 15) is 9.90 Å². The van der Waals surface area contributed by atoms with Crippen LogP contribution in [-0.4, -0.2) is 34.6 Å². The Morgan fingerprint density at radius 1 is 1.45 bits per heavy atom. The van der Waals surface area contributed by atoms with E-state index in [0.29, 0.717) is 29.4 Å². The molecule has 0 aromatic heterocycles. The van der Waals surface area contributed by atoms with Crippen LogP contribution in [0.15, 0.2) is 18.2 Å². The SMILES string of the molecule is CC1(O)CCCN(C(=O)CCc2ccc(Cl)cc2Cl)C1. The first kappa shape index (κ1) is 15.6. The standard InChI is InChI=1S/C15H19Cl2NO2/c1-15(20)7-2-8-18(10-15)14(19)6-4-11-3-5-12(16)9-13(11)17/h3,5,9,20H,2,4,6-8,10H2,1H3. The van der Waals surface area contributed by atoms with Crippen LogP contribution in [0.5, 0.6) is 0 Å². The average molecular weight is 316 g/mol. The van der Waals surface area contributed by atoms with Crippen LogP contribution in [0.1, 0.15) is 31.7 Å². The number of carbonyl (C=O) groups is 1. The van der Waals surface area contributed by atoms with E-state index in [0.717, 1.165) is 24.9 Å². The second kappa shape index (κ2) is 6.33. The van der Waals surface area contributed by atoms with Gasteiger partial charge in [-0.25, -0.2) is 0 Å². The number of aryl methyl sites for hydroxylation is 1. The first-order chi connectivity index (χ1) is 9.37. The topological polar surface area (TPSA) is 40.5 Å². The van der Waals surface area contributed by atoms with E-state index in [4.69, 9.17) is 23.2 Å². The number of halogens is 2. The number of hydrogen-bond donors (Lipinski definition) is 1. The molecule has 1 aromatic rings. The number of rotatable bonds is 3. The minimum Gasteiger partial charge on any atom is -0.388 e. The van der Waals surface area contributed by atoms with Gasteiger partial charge in [0, 0.05) is 29.6 Å². The fourth-order valence-corrected chi connectivity index (χ4v) is 3.06. The smallest absolute Gasteiger partial charge is 0.223 e. The molecule has 1 unspecified atom stereocenters. The lowest BCUT2D eigenvalue weighted by atomic mass is 9.95. The van der Waals surface area contributed by atoms with Crippen molar-refractivity contribution >= 4 is 29.1 Å². The maximum atomic E-state index is 12.2. The molecule has 0 spiro atoms. The van der Waals surface area contributed by atoms with Crippen molar-refractivity contribution in [1.29, 1.82) is 0 Å². The van der Waals surface area contributed by atoms with Crippen molar-refractivity contribution in [3.8, 4) is 0 Å². The zero-order valence-corrected chi connectivity index (χ0v) is 13.0. The molecule has 5 heteroatoms. The Bertz CT molecular complexity index is 503. The van der Waals surface area contributed by atoms with Gasteiger partial charge in [0.1, 0.15) is 0 Å². The zero-order valence-electron chi connectivity index (χ0n) is 11.5. The van der Waals surface area contributed by atoms with Crippen LogP contribution >= 0.6 is 23.2 Å². The summed E-state index contributed by atoms with van der Waals surface area (Å²) >= 11 is 11.9. The summed E-state index contributed by atoms with van der Waals surface area (Å²) < 4.78 is 0. The third-order valence-electron chi connectivity index (χ3n) is 3.65. The summed E-state index contributed by atoms with van der Waals surface area (Å²) in [6.45, 7) is 2.92. The van der Waals surface area contributed by atoms with E-state index in [-0.39, 0.29) is 5.91 Å². The number of β-amino-alcohol motifs (C(OH)–C–C–N with tert-alkyl or cyclic N) is 1. The summed E-state index contributed by atoms with van der Waals surface area (Å²) in [6, 6.07) is 5.32. The Kier molecular flexibility index (Phi) is 4.95. The summed E-state index contributed by atoms with van der Waals surface area (Å²) in [5.74, 6) is 0.0657. The third-order valence-corrected chi connectivity index (χ3v) is 4.24. The first-order valence-electron chi connectivity index (χ1n) is 6.81. The lowest BCUT2D eigenvalue weighted by Gasteiger charge is -2.36. The maximum absolute atomic E-state index is 12.2. The predicted molar refractivity (Wildman–Crippen MR) is 81.2 cm³/mol. The number of nitrogens with zero attached hydrogens (tertiary/aromatic N) is 1.